The monoisotopic (exact) mass is 302 g/mol. The Hall–Kier alpha value is -1.30. The van der Waals surface area contributed by atoms with Crippen LogP contribution in [0.4, 0.5) is 0 Å². The first-order valence-corrected chi connectivity index (χ1v) is 8.55. The van der Waals surface area contributed by atoms with Crippen LogP contribution >= 0.6 is 33.6 Å². The highest BCUT2D eigenvalue weighted by atomic mass is 32.1. The second-order valence-corrected chi connectivity index (χ2v) is 7.25. The standard InChI is InChI=1S/C14H10N2S3/c1-3-9(17-7-1)13-11-12(16-6-5-15-11)14(19-13)10-4-2-8-18-10/h1-8,11-12H. The van der Waals surface area contributed by atoms with Crippen LogP contribution in [-0.2, 0) is 0 Å². The first-order valence-electron chi connectivity index (χ1n) is 5.98. The summed E-state index contributed by atoms with van der Waals surface area (Å²) in [5, 5.41) is 4.24. The number of hydrogen-bond acceptors (Lipinski definition) is 4. The summed E-state index contributed by atoms with van der Waals surface area (Å²) < 4.78 is 0. The molecular formula is C14H10N2S3. The Morgan fingerprint density at radius 1 is 0.789 bits per heavy atom. The van der Waals surface area contributed by atoms with Crippen LogP contribution in [0.3, 0.4) is 0 Å². The van der Waals surface area contributed by atoms with Crippen LogP contribution in [0.25, 0.3) is 0 Å². The highest BCUT2D eigenvalue weighted by Crippen LogP contribution is 2.29. The van der Waals surface area contributed by atoms with Crippen LogP contribution in [0.1, 0.15) is 9.75 Å². The molecule has 0 radical (unpaired) electrons. The number of aliphatic imine (C=N–C) groups is 2. The normalized spacial score (nSPS) is 24.6. The maximum Gasteiger partial charge on any atom is 0.113 e. The van der Waals surface area contributed by atoms with Gasteiger partial charge in [0.25, 0.3) is 0 Å². The Morgan fingerprint density at radius 3 is 1.74 bits per heavy atom. The third-order valence-electron chi connectivity index (χ3n) is 3.14. The van der Waals surface area contributed by atoms with Crippen molar-refractivity contribution in [3.05, 3.63) is 44.8 Å². The van der Waals surface area contributed by atoms with Gasteiger partial charge >= 0.3 is 0 Å². The lowest BCUT2D eigenvalue weighted by Gasteiger charge is -2.19. The molecule has 0 spiro atoms. The summed E-state index contributed by atoms with van der Waals surface area (Å²) in [7, 11) is 1.86. The third-order valence-corrected chi connectivity index (χ3v) is 6.57. The fourth-order valence-electron chi connectivity index (χ4n) is 2.32. The summed E-state index contributed by atoms with van der Waals surface area (Å²) in [5.41, 5.74) is 0. The molecule has 0 saturated carbocycles. The number of thiophene rings is 2. The van der Waals surface area contributed by atoms with E-state index in [1.807, 2.05) is 23.4 Å². The van der Waals surface area contributed by atoms with Gasteiger partial charge in [-0.05, 0) is 22.9 Å². The quantitative estimate of drug-likeness (QED) is 0.761. The summed E-state index contributed by atoms with van der Waals surface area (Å²) in [6, 6.07) is 8.89. The van der Waals surface area contributed by atoms with Gasteiger partial charge in [-0.2, -0.15) is 0 Å². The first kappa shape index (κ1) is 11.5. The van der Waals surface area contributed by atoms with E-state index in [1.165, 1.54) is 19.5 Å². The molecule has 0 bridgehead atoms. The van der Waals surface area contributed by atoms with Gasteiger partial charge in [-0.15, -0.1) is 33.6 Å². The fourth-order valence-corrected chi connectivity index (χ4v) is 5.45. The molecule has 2 aromatic heterocycles. The Labute approximate surface area is 122 Å². The molecule has 0 amide bonds. The van der Waals surface area contributed by atoms with Gasteiger partial charge in [-0.1, -0.05) is 12.1 Å². The molecule has 2 nitrogen and oxygen atoms in total. The molecule has 5 heteroatoms. The zero-order chi connectivity index (χ0) is 12.7. The van der Waals surface area contributed by atoms with Crippen LogP contribution in [0, 0.1) is 0 Å². The van der Waals surface area contributed by atoms with Crippen LogP contribution in [0.15, 0.2) is 45.0 Å². The molecule has 19 heavy (non-hydrogen) atoms. The molecule has 94 valence electrons. The third kappa shape index (κ3) is 1.89. The summed E-state index contributed by atoms with van der Waals surface area (Å²) in [6.07, 6.45) is 3.65. The van der Waals surface area contributed by atoms with E-state index < -0.39 is 0 Å². The van der Waals surface area contributed by atoms with Gasteiger partial charge in [-0.25, -0.2) is 0 Å². The SMILES string of the molecule is C1=NC2C(c3cccs3)=S=C(c3cccs3)C2N=C1. The Kier molecular flexibility index (Phi) is 2.83. The van der Waals surface area contributed by atoms with E-state index >= 15 is 0 Å². The minimum absolute atomic E-state index is 0.172. The van der Waals surface area contributed by atoms with Crippen molar-refractivity contribution >= 4 is 55.8 Å². The summed E-state index contributed by atoms with van der Waals surface area (Å²) in [6.45, 7) is 0. The van der Waals surface area contributed by atoms with E-state index in [-0.39, 0.29) is 12.1 Å². The average molecular weight is 302 g/mol. The number of fused-ring (bicyclic) bond motifs is 1. The Bertz CT molecular complexity index is 657. The fraction of sp³-hybridized carbons (Fsp3) is 0.143. The van der Waals surface area contributed by atoms with E-state index in [1.54, 1.807) is 22.7 Å². The number of rotatable bonds is 2. The largest absolute Gasteiger partial charge is 0.280 e. The predicted octanol–water partition coefficient (Wildman–Crippen LogP) is 3.19. The molecule has 2 unspecified atom stereocenters. The molecule has 4 rings (SSSR count). The van der Waals surface area contributed by atoms with Crippen LogP contribution in [-0.4, -0.2) is 34.2 Å². The van der Waals surface area contributed by atoms with Gasteiger partial charge in [0.2, 0.25) is 0 Å². The van der Waals surface area contributed by atoms with E-state index in [9.17, 15) is 0 Å². The molecule has 0 fully saturated rings. The van der Waals surface area contributed by atoms with Crippen molar-refractivity contribution in [2.24, 2.45) is 9.98 Å². The maximum absolute atomic E-state index is 4.65. The molecule has 2 aliphatic heterocycles. The van der Waals surface area contributed by atoms with Crippen molar-refractivity contribution in [1.29, 1.82) is 0 Å². The van der Waals surface area contributed by atoms with Crippen molar-refractivity contribution < 1.29 is 0 Å². The lowest BCUT2D eigenvalue weighted by molar-refractivity contribution is 0.793. The summed E-state index contributed by atoms with van der Waals surface area (Å²) >= 11 is 3.56. The molecular weight excluding hydrogens is 292 g/mol. The molecule has 2 aromatic rings. The van der Waals surface area contributed by atoms with Gasteiger partial charge in [0, 0.05) is 31.9 Å². The second-order valence-electron chi connectivity index (χ2n) is 4.27. The van der Waals surface area contributed by atoms with Gasteiger partial charge in [0.15, 0.2) is 0 Å². The second kappa shape index (κ2) is 4.67. The van der Waals surface area contributed by atoms with Crippen LogP contribution in [0.2, 0.25) is 0 Å². The molecule has 0 saturated heterocycles. The zero-order valence-electron chi connectivity index (χ0n) is 9.89. The minimum atomic E-state index is 0.172. The molecule has 0 aromatic carbocycles. The Morgan fingerprint density at radius 2 is 1.32 bits per heavy atom. The first-order chi connectivity index (χ1) is 9.43. The van der Waals surface area contributed by atoms with E-state index in [0.717, 1.165) is 0 Å². The van der Waals surface area contributed by atoms with Crippen molar-refractivity contribution in [3.63, 3.8) is 0 Å². The molecule has 2 aliphatic rings. The minimum Gasteiger partial charge on any atom is -0.280 e. The van der Waals surface area contributed by atoms with Gasteiger partial charge in [-0.3, -0.25) is 9.98 Å². The van der Waals surface area contributed by atoms with Gasteiger partial charge in [0.1, 0.15) is 12.1 Å². The zero-order valence-corrected chi connectivity index (χ0v) is 12.3. The molecule has 0 aliphatic carbocycles. The molecule has 0 N–H and O–H groups in total. The molecule has 4 heterocycles. The maximum atomic E-state index is 4.65. The number of hydrogen-bond donors (Lipinski definition) is 0. The lowest BCUT2D eigenvalue weighted by Crippen LogP contribution is -2.34. The van der Waals surface area contributed by atoms with Crippen LogP contribution < -0.4 is 0 Å². The lowest BCUT2D eigenvalue weighted by atomic mass is 10.0. The highest BCUT2D eigenvalue weighted by molar-refractivity contribution is 8.00. The highest BCUT2D eigenvalue weighted by Gasteiger charge is 2.35. The van der Waals surface area contributed by atoms with Gasteiger partial charge < -0.3 is 0 Å². The van der Waals surface area contributed by atoms with Crippen molar-refractivity contribution in [2.75, 3.05) is 0 Å². The Balaban J connectivity index is 1.89. The van der Waals surface area contributed by atoms with Crippen molar-refractivity contribution in [1.82, 2.24) is 0 Å². The topological polar surface area (TPSA) is 24.7 Å². The summed E-state index contributed by atoms with van der Waals surface area (Å²) in [4.78, 5) is 14.6. The van der Waals surface area contributed by atoms with Gasteiger partial charge in [0.05, 0.1) is 0 Å². The van der Waals surface area contributed by atoms with Crippen LogP contribution in [0.5, 0.6) is 0 Å². The smallest absolute Gasteiger partial charge is 0.113 e. The summed E-state index contributed by atoms with van der Waals surface area (Å²) in [5.74, 6) is 0. The molecule has 2 atom stereocenters. The van der Waals surface area contributed by atoms with Crippen molar-refractivity contribution in [2.45, 2.75) is 12.1 Å². The average Bonchev–Trinajstić information content (AvgIpc) is 3.18. The van der Waals surface area contributed by atoms with E-state index in [2.05, 4.69) is 45.0 Å². The van der Waals surface area contributed by atoms with Crippen molar-refractivity contribution in [3.8, 4) is 0 Å². The predicted molar refractivity (Wildman–Crippen MR) is 89.0 cm³/mol. The van der Waals surface area contributed by atoms with E-state index in [0.29, 0.717) is 0 Å². The number of nitrogens with zero attached hydrogens (tertiary/aromatic N) is 2. The van der Waals surface area contributed by atoms with E-state index in [4.69, 9.17) is 0 Å².